The van der Waals surface area contributed by atoms with Crippen LogP contribution in [0.25, 0.3) is 11.1 Å². The number of aryl methyl sites for hydroxylation is 2. The van der Waals surface area contributed by atoms with E-state index in [1.54, 1.807) is 31.2 Å². The van der Waals surface area contributed by atoms with Gasteiger partial charge < -0.3 is 4.74 Å². The highest BCUT2D eigenvalue weighted by atomic mass is 32.2. The van der Waals surface area contributed by atoms with Crippen molar-refractivity contribution in [3.05, 3.63) is 83.9 Å². The number of carbonyl (C=O) groups excluding carboxylic acids is 1. The van der Waals surface area contributed by atoms with Gasteiger partial charge in [0.2, 0.25) is 0 Å². The molecule has 0 saturated carbocycles. The van der Waals surface area contributed by atoms with Crippen molar-refractivity contribution in [2.24, 2.45) is 0 Å². The van der Waals surface area contributed by atoms with Crippen molar-refractivity contribution in [1.82, 2.24) is 10.3 Å². The van der Waals surface area contributed by atoms with Gasteiger partial charge in [-0.25, -0.2) is 8.42 Å². The fourth-order valence-electron chi connectivity index (χ4n) is 2.84. The fourth-order valence-corrected chi connectivity index (χ4v) is 3.93. The zero-order valence-corrected chi connectivity index (χ0v) is 17.0. The molecule has 0 spiro atoms. The van der Waals surface area contributed by atoms with Crippen molar-refractivity contribution in [2.75, 3.05) is 6.61 Å². The molecule has 2 N–H and O–H groups in total. The van der Waals surface area contributed by atoms with Crippen LogP contribution in [-0.2, 0) is 14.8 Å². The summed E-state index contributed by atoms with van der Waals surface area (Å²) in [7, 11) is -3.86. The van der Waals surface area contributed by atoms with E-state index < -0.39 is 15.9 Å². The molecule has 0 aliphatic heterocycles. The molecule has 3 aromatic carbocycles. The van der Waals surface area contributed by atoms with Gasteiger partial charge >= 0.3 is 0 Å². The third-order valence-electron chi connectivity index (χ3n) is 4.28. The number of amides is 1. The van der Waals surface area contributed by atoms with Crippen molar-refractivity contribution >= 4 is 15.9 Å². The van der Waals surface area contributed by atoms with Crippen LogP contribution < -0.4 is 15.0 Å². The highest BCUT2D eigenvalue weighted by Gasteiger charge is 2.17. The summed E-state index contributed by atoms with van der Waals surface area (Å²) >= 11 is 0. The van der Waals surface area contributed by atoms with E-state index in [0.717, 1.165) is 16.7 Å². The first-order valence-electron chi connectivity index (χ1n) is 9.01. The lowest BCUT2D eigenvalue weighted by Crippen LogP contribution is -2.43. The minimum absolute atomic E-state index is 0.112. The average molecular weight is 410 g/mol. The maximum atomic E-state index is 12.3. The Labute approximate surface area is 170 Å². The Bertz CT molecular complexity index is 1100. The molecule has 0 unspecified atom stereocenters. The lowest BCUT2D eigenvalue weighted by atomic mass is 10.1. The number of nitrogens with one attached hydrogen (secondary N) is 2. The summed E-state index contributed by atoms with van der Waals surface area (Å²) in [6.07, 6.45) is 0. The van der Waals surface area contributed by atoms with Crippen molar-refractivity contribution in [3.8, 4) is 16.9 Å². The summed E-state index contributed by atoms with van der Waals surface area (Å²) in [5.74, 6) is -0.0949. The molecular weight excluding hydrogens is 388 g/mol. The van der Waals surface area contributed by atoms with Gasteiger partial charge in [0.15, 0.2) is 6.61 Å². The third-order valence-corrected chi connectivity index (χ3v) is 5.68. The molecule has 0 radical (unpaired) electrons. The van der Waals surface area contributed by atoms with E-state index in [-0.39, 0.29) is 11.5 Å². The van der Waals surface area contributed by atoms with E-state index in [1.165, 1.54) is 6.07 Å². The first-order chi connectivity index (χ1) is 13.8. The van der Waals surface area contributed by atoms with Crippen LogP contribution in [-0.4, -0.2) is 20.9 Å². The Morgan fingerprint density at radius 3 is 2.21 bits per heavy atom. The minimum Gasteiger partial charge on any atom is -0.484 e. The second-order valence-electron chi connectivity index (χ2n) is 6.60. The number of carbonyl (C=O) groups is 1. The van der Waals surface area contributed by atoms with Crippen LogP contribution >= 0.6 is 0 Å². The molecule has 0 atom stereocenters. The Hall–Kier alpha value is -3.16. The first-order valence-corrected chi connectivity index (χ1v) is 10.5. The van der Waals surface area contributed by atoms with Gasteiger partial charge in [-0.1, -0.05) is 60.2 Å². The van der Waals surface area contributed by atoms with Gasteiger partial charge in [0.25, 0.3) is 15.9 Å². The van der Waals surface area contributed by atoms with Crippen molar-refractivity contribution < 1.29 is 17.9 Å². The van der Waals surface area contributed by atoms with Crippen LogP contribution in [0.4, 0.5) is 0 Å². The number of ether oxygens (including phenoxy) is 1. The van der Waals surface area contributed by atoms with E-state index in [1.807, 2.05) is 49.4 Å². The van der Waals surface area contributed by atoms with Crippen LogP contribution in [0, 0.1) is 13.8 Å². The van der Waals surface area contributed by atoms with Crippen LogP contribution in [0.5, 0.6) is 5.75 Å². The van der Waals surface area contributed by atoms with Gasteiger partial charge in [-0.3, -0.25) is 10.2 Å². The highest BCUT2D eigenvalue weighted by Crippen LogP contribution is 2.22. The number of rotatable bonds is 7. The summed E-state index contributed by atoms with van der Waals surface area (Å²) in [4.78, 5) is 14.2. The number of benzene rings is 3. The first kappa shape index (κ1) is 20.6. The van der Waals surface area contributed by atoms with Crippen LogP contribution in [0.1, 0.15) is 11.1 Å². The standard InChI is InChI=1S/C22H22N2O4S/c1-16-8-13-21(17(2)14-16)29(26,27)24-23-22(25)15-28-20-11-9-19(10-12-20)18-6-4-3-5-7-18/h3-14,24H,15H2,1-2H3,(H,23,25). The highest BCUT2D eigenvalue weighted by molar-refractivity contribution is 7.89. The second kappa shape index (κ2) is 8.89. The predicted octanol–water partition coefficient (Wildman–Crippen LogP) is 3.36. The summed E-state index contributed by atoms with van der Waals surface area (Å²) in [6.45, 7) is 3.26. The molecule has 3 rings (SSSR count). The van der Waals surface area contributed by atoms with E-state index >= 15 is 0 Å². The topological polar surface area (TPSA) is 84.5 Å². The SMILES string of the molecule is Cc1ccc(S(=O)(=O)NNC(=O)COc2ccc(-c3ccccc3)cc2)c(C)c1. The Kier molecular flexibility index (Phi) is 6.31. The molecule has 6 nitrogen and oxygen atoms in total. The molecule has 0 heterocycles. The Morgan fingerprint density at radius 2 is 1.55 bits per heavy atom. The molecule has 150 valence electrons. The Morgan fingerprint density at radius 1 is 0.897 bits per heavy atom. The van der Waals surface area contributed by atoms with Crippen molar-refractivity contribution in [2.45, 2.75) is 18.7 Å². The maximum Gasteiger partial charge on any atom is 0.272 e. The molecule has 7 heteroatoms. The number of hydrogen-bond donors (Lipinski definition) is 2. The van der Waals surface area contributed by atoms with Gasteiger partial charge in [0, 0.05) is 0 Å². The van der Waals surface area contributed by atoms with Crippen molar-refractivity contribution in [1.29, 1.82) is 0 Å². The summed E-state index contributed by atoms with van der Waals surface area (Å²) < 4.78 is 30.1. The predicted molar refractivity (Wildman–Crippen MR) is 112 cm³/mol. The zero-order valence-electron chi connectivity index (χ0n) is 16.2. The van der Waals surface area contributed by atoms with Gasteiger partial charge in [-0.15, -0.1) is 4.83 Å². The van der Waals surface area contributed by atoms with Gasteiger partial charge in [-0.2, -0.15) is 0 Å². The van der Waals surface area contributed by atoms with Crippen molar-refractivity contribution in [3.63, 3.8) is 0 Å². The average Bonchev–Trinajstić information content (AvgIpc) is 2.71. The number of sulfonamides is 1. The van der Waals surface area contributed by atoms with Crippen LogP contribution in [0.2, 0.25) is 0 Å². The van der Waals surface area contributed by atoms with Crippen LogP contribution in [0.15, 0.2) is 77.7 Å². The largest absolute Gasteiger partial charge is 0.484 e. The molecule has 3 aromatic rings. The molecule has 29 heavy (non-hydrogen) atoms. The summed E-state index contributed by atoms with van der Waals surface area (Å²) in [5.41, 5.74) is 5.84. The van der Waals surface area contributed by atoms with E-state index in [0.29, 0.717) is 11.3 Å². The normalized spacial score (nSPS) is 11.1. The smallest absolute Gasteiger partial charge is 0.272 e. The molecule has 1 amide bonds. The monoisotopic (exact) mass is 410 g/mol. The summed E-state index contributed by atoms with van der Waals surface area (Å²) in [6, 6.07) is 22.2. The number of hydrazine groups is 1. The van der Waals surface area contributed by atoms with E-state index in [2.05, 4.69) is 10.3 Å². The molecular formula is C22H22N2O4S. The molecule has 0 aromatic heterocycles. The van der Waals surface area contributed by atoms with E-state index in [4.69, 9.17) is 4.74 Å². The van der Waals surface area contributed by atoms with Gasteiger partial charge in [-0.05, 0) is 48.7 Å². The van der Waals surface area contributed by atoms with Gasteiger partial charge in [0.1, 0.15) is 5.75 Å². The number of hydrogen-bond acceptors (Lipinski definition) is 4. The van der Waals surface area contributed by atoms with Crippen LogP contribution in [0.3, 0.4) is 0 Å². The van der Waals surface area contributed by atoms with E-state index in [9.17, 15) is 13.2 Å². The quantitative estimate of drug-likeness (QED) is 0.585. The fraction of sp³-hybridized carbons (Fsp3) is 0.136. The Balaban J connectivity index is 1.53. The lowest BCUT2D eigenvalue weighted by Gasteiger charge is -2.11. The molecule has 0 bridgehead atoms. The zero-order chi connectivity index (χ0) is 20.9. The second-order valence-corrected chi connectivity index (χ2v) is 8.25. The molecule has 0 fully saturated rings. The molecule has 0 aliphatic carbocycles. The molecule has 0 aliphatic rings. The minimum atomic E-state index is -3.86. The maximum absolute atomic E-state index is 12.3. The van der Waals surface area contributed by atoms with Gasteiger partial charge in [0.05, 0.1) is 4.90 Å². The summed E-state index contributed by atoms with van der Waals surface area (Å²) in [5, 5.41) is 0. The lowest BCUT2D eigenvalue weighted by molar-refractivity contribution is -0.123. The third kappa shape index (κ3) is 5.43. The molecule has 0 saturated heterocycles.